The van der Waals surface area contributed by atoms with E-state index in [0.717, 1.165) is 0 Å². The number of hydrogen-bond acceptors (Lipinski definition) is 4. The Morgan fingerprint density at radius 2 is 1.71 bits per heavy atom. The monoisotopic (exact) mass is 488 g/mol. The van der Waals surface area contributed by atoms with Crippen LogP contribution in [0.5, 0.6) is 0 Å². The van der Waals surface area contributed by atoms with Gasteiger partial charge < -0.3 is 10.6 Å². The molecule has 0 aliphatic carbocycles. The summed E-state index contributed by atoms with van der Waals surface area (Å²) in [6.07, 6.45) is 0.666. The van der Waals surface area contributed by atoms with Crippen LogP contribution in [0.2, 0.25) is 5.02 Å². The zero-order valence-electron chi connectivity index (χ0n) is 19.4. The van der Waals surface area contributed by atoms with Gasteiger partial charge in [-0.05, 0) is 42.8 Å². The van der Waals surface area contributed by atoms with Crippen molar-refractivity contribution in [1.29, 1.82) is 0 Å². The molecule has 1 aromatic heterocycles. The average molecular weight is 489 g/mol. The first-order chi connectivity index (χ1) is 16.9. The number of rotatable bonds is 7. The predicted octanol–water partition coefficient (Wildman–Crippen LogP) is 5.66. The van der Waals surface area contributed by atoms with Crippen molar-refractivity contribution in [3.63, 3.8) is 0 Å². The maximum atomic E-state index is 13.9. The molecule has 4 rings (SSSR count). The molecular weight excluding hydrogens is 464 g/mol. The van der Waals surface area contributed by atoms with Gasteiger partial charge in [0.05, 0.1) is 16.7 Å². The Hall–Kier alpha value is -3.97. The first-order valence-corrected chi connectivity index (χ1v) is 11.8. The van der Waals surface area contributed by atoms with Gasteiger partial charge in [0.15, 0.2) is 0 Å². The summed E-state index contributed by atoms with van der Waals surface area (Å²) in [6.45, 7) is 3.60. The second-order valence-electron chi connectivity index (χ2n) is 8.00. The molecule has 178 valence electrons. The van der Waals surface area contributed by atoms with Gasteiger partial charge in [-0.15, -0.1) is 0 Å². The van der Waals surface area contributed by atoms with Crippen LogP contribution in [0.3, 0.4) is 0 Å². The summed E-state index contributed by atoms with van der Waals surface area (Å²) in [6, 6.07) is 20.3. The highest BCUT2D eigenvalue weighted by Gasteiger charge is 2.25. The van der Waals surface area contributed by atoms with E-state index < -0.39 is 11.6 Å². The molecule has 0 aliphatic heterocycles. The molecule has 2 amide bonds. The standard InChI is InChI=1S/C27H25ClN4O3/c1-3-22(26(34)29-18-11-9-10-17(28)16-18)32-23-15-8-7-14-21(23)31-25(27(32)35)19-12-5-6-13-20(19)30-24(33)4-2/h5-16,22H,3-4H2,1-2H3,(H,29,34)(H,30,33). The van der Waals surface area contributed by atoms with Crippen molar-refractivity contribution in [2.75, 3.05) is 10.6 Å². The van der Waals surface area contributed by atoms with E-state index in [4.69, 9.17) is 11.6 Å². The topological polar surface area (TPSA) is 93.1 Å². The Kier molecular flexibility index (Phi) is 7.27. The van der Waals surface area contributed by atoms with Crippen molar-refractivity contribution in [3.05, 3.63) is 88.2 Å². The summed E-state index contributed by atoms with van der Waals surface area (Å²) < 4.78 is 1.48. The fourth-order valence-corrected chi connectivity index (χ4v) is 4.14. The van der Waals surface area contributed by atoms with E-state index in [1.165, 1.54) is 4.57 Å². The van der Waals surface area contributed by atoms with Crippen molar-refractivity contribution in [3.8, 4) is 11.3 Å². The van der Waals surface area contributed by atoms with Crippen molar-refractivity contribution in [2.45, 2.75) is 32.7 Å². The fourth-order valence-electron chi connectivity index (χ4n) is 3.95. The van der Waals surface area contributed by atoms with Crippen LogP contribution in [0.1, 0.15) is 32.7 Å². The van der Waals surface area contributed by atoms with E-state index >= 15 is 0 Å². The van der Waals surface area contributed by atoms with Crippen LogP contribution in [0, 0.1) is 0 Å². The van der Waals surface area contributed by atoms with Crippen molar-refractivity contribution >= 4 is 45.8 Å². The van der Waals surface area contributed by atoms with Gasteiger partial charge in [0, 0.05) is 22.7 Å². The smallest absolute Gasteiger partial charge is 0.278 e. The molecule has 0 aliphatic rings. The van der Waals surface area contributed by atoms with Gasteiger partial charge in [-0.25, -0.2) is 4.98 Å². The average Bonchev–Trinajstić information content (AvgIpc) is 2.86. The molecule has 0 spiro atoms. The van der Waals surface area contributed by atoms with Crippen LogP contribution >= 0.6 is 11.6 Å². The molecule has 3 aromatic carbocycles. The van der Waals surface area contributed by atoms with E-state index in [1.807, 2.05) is 13.0 Å². The SMILES string of the molecule is CCC(=O)Nc1ccccc1-c1nc2ccccc2n(C(CC)C(=O)Nc2cccc(Cl)c2)c1=O. The summed E-state index contributed by atoms with van der Waals surface area (Å²) in [5, 5.41) is 6.20. The Bertz CT molecular complexity index is 1460. The molecule has 0 saturated carbocycles. The second kappa shape index (κ2) is 10.5. The van der Waals surface area contributed by atoms with E-state index in [-0.39, 0.29) is 17.5 Å². The number of anilines is 2. The van der Waals surface area contributed by atoms with E-state index in [2.05, 4.69) is 15.6 Å². The third kappa shape index (κ3) is 5.10. The van der Waals surface area contributed by atoms with Gasteiger partial charge in [-0.2, -0.15) is 0 Å². The van der Waals surface area contributed by atoms with E-state index in [1.54, 1.807) is 73.7 Å². The third-order valence-electron chi connectivity index (χ3n) is 5.67. The molecule has 1 atom stereocenters. The summed E-state index contributed by atoms with van der Waals surface area (Å²) in [5.41, 5.74) is 2.36. The second-order valence-corrected chi connectivity index (χ2v) is 8.43. The molecule has 7 nitrogen and oxygen atoms in total. The molecule has 1 unspecified atom stereocenters. The van der Waals surface area contributed by atoms with Crippen LogP contribution in [-0.2, 0) is 9.59 Å². The lowest BCUT2D eigenvalue weighted by Crippen LogP contribution is -2.34. The van der Waals surface area contributed by atoms with Crippen LogP contribution in [0.15, 0.2) is 77.6 Å². The number of para-hydroxylation sites is 3. The third-order valence-corrected chi connectivity index (χ3v) is 5.90. The zero-order valence-corrected chi connectivity index (χ0v) is 20.2. The van der Waals surface area contributed by atoms with E-state index in [9.17, 15) is 14.4 Å². The minimum Gasteiger partial charge on any atom is -0.325 e. The van der Waals surface area contributed by atoms with Crippen molar-refractivity contribution in [1.82, 2.24) is 9.55 Å². The van der Waals surface area contributed by atoms with Crippen LogP contribution < -0.4 is 16.2 Å². The lowest BCUT2D eigenvalue weighted by molar-refractivity contribution is -0.119. The lowest BCUT2D eigenvalue weighted by atomic mass is 10.1. The van der Waals surface area contributed by atoms with Gasteiger partial charge in [0.2, 0.25) is 11.8 Å². The summed E-state index contributed by atoms with van der Waals surface area (Å²) in [4.78, 5) is 44.0. The number of carbonyl (C=O) groups excluding carboxylic acids is 2. The lowest BCUT2D eigenvalue weighted by Gasteiger charge is -2.21. The highest BCUT2D eigenvalue weighted by atomic mass is 35.5. The van der Waals surface area contributed by atoms with E-state index in [0.29, 0.717) is 45.8 Å². The van der Waals surface area contributed by atoms with Gasteiger partial charge >= 0.3 is 0 Å². The largest absolute Gasteiger partial charge is 0.325 e. The molecule has 0 fully saturated rings. The molecule has 0 bridgehead atoms. The zero-order chi connectivity index (χ0) is 24.9. The number of benzene rings is 3. The fraction of sp³-hybridized carbons (Fsp3) is 0.185. The number of nitrogens with zero attached hydrogens (tertiary/aromatic N) is 2. The predicted molar refractivity (Wildman–Crippen MR) is 140 cm³/mol. The Labute approximate surface area is 207 Å². The maximum absolute atomic E-state index is 13.9. The van der Waals surface area contributed by atoms with Crippen LogP contribution in [0.25, 0.3) is 22.3 Å². The molecular formula is C27H25ClN4O3. The molecule has 4 aromatic rings. The number of nitrogens with one attached hydrogen (secondary N) is 2. The number of hydrogen-bond donors (Lipinski definition) is 2. The summed E-state index contributed by atoms with van der Waals surface area (Å²) in [5.74, 6) is -0.516. The molecule has 2 N–H and O–H groups in total. The number of halogens is 1. The molecule has 0 radical (unpaired) electrons. The number of aromatic nitrogens is 2. The normalized spacial score (nSPS) is 11.7. The van der Waals surface area contributed by atoms with Crippen molar-refractivity contribution in [2.24, 2.45) is 0 Å². The van der Waals surface area contributed by atoms with Crippen LogP contribution in [0.4, 0.5) is 11.4 Å². The molecule has 35 heavy (non-hydrogen) atoms. The van der Waals surface area contributed by atoms with Gasteiger partial charge in [0.1, 0.15) is 11.7 Å². The first-order valence-electron chi connectivity index (χ1n) is 11.4. The summed E-state index contributed by atoms with van der Waals surface area (Å²) in [7, 11) is 0. The Morgan fingerprint density at radius 3 is 2.46 bits per heavy atom. The van der Waals surface area contributed by atoms with Gasteiger partial charge in [-0.1, -0.05) is 61.8 Å². The number of fused-ring (bicyclic) bond motifs is 1. The number of carbonyl (C=O) groups is 2. The van der Waals surface area contributed by atoms with Gasteiger partial charge in [0.25, 0.3) is 5.56 Å². The highest BCUT2D eigenvalue weighted by Crippen LogP contribution is 2.28. The molecule has 0 saturated heterocycles. The Morgan fingerprint density at radius 1 is 0.971 bits per heavy atom. The summed E-state index contributed by atoms with van der Waals surface area (Å²) >= 11 is 6.07. The molecule has 8 heteroatoms. The minimum absolute atomic E-state index is 0.157. The molecule has 1 heterocycles. The maximum Gasteiger partial charge on any atom is 0.278 e. The number of amides is 2. The van der Waals surface area contributed by atoms with Crippen LogP contribution in [-0.4, -0.2) is 21.4 Å². The van der Waals surface area contributed by atoms with Crippen molar-refractivity contribution < 1.29 is 9.59 Å². The first kappa shape index (κ1) is 24.2. The van der Waals surface area contributed by atoms with Gasteiger partial charge in [-0.3, -0.25) is 19.0 Å². The quantitative estimate of drug-likeness (QED) is 0.351. The minimum atomic E-state index is -0.800. The Balaban J connectivity index is 1.87. The highest BCUT2D eigenvalue weighted by molar-refractivity contribution is 6.30.